The highest BCUT2D eigenvalue weighted by Crippen LogP contribution is 2.29. The molecule has 0 aromatic carbocycles. The summed E-state index contributed by atoms with van der Waals surface area (Å²) in [7, 11) is 0. The number of H-pyrrole nitrogens is 2. The van der Waals surface area contributed by atoms with Gasteiger partial charge in [0.1, 0.15) is 11.5 Å². The molecule has 0 bridgehead atoms. The molecule has 0 atom stereocenters. The van der Waals surface area contributed by atoms with Crippen LogP contribution < -0.4 is 11.1 Å². The monoisotopic (exact) mass is 470 g/mol. The Bertz CT molecular complexity index is 793. The van der Waals surface area contributed by atoms with E-state index in [0.717, 1.165) is 37.2 Å². The SMILES string of the molecule is CC(C)(CCCSCCCSCCCC(C)(C)Cc1cc(=O)[nH]o1)Cc1cc(=O)[nH]o1. The lowest BCUT2D eigenvalue weighted by Crippen LogP contribution is -2.15. The van der Waals surface area contributed by atoms with Gasteiger partial charge in [-0.15, -0.1) is 0 Å². The van der Waals surface area contributed by atoms with Crippen molar-refractivity contribution in [2.45, 2.75) is 72.6 Å². The van der Waals surface area contributed by atoms with Crippen LogP contribution in [0.15, 0.2) is 30.8 Å². The number of hydrogen-bond donors (Lipinski definition) is 2. The number of nitrogens with one attached hydrogen (secondary N) is 2. The zero-order valence-electron chi connectivity index (χ0n) is 19.4. The Kier molecular flexibility index (Phi) is 10.6. The van der Waals surface area contributed by atoms with Crippen LogP contribution >= 0.6 is 23.5 Å². The Morgan fingerprint density at radius 1 is 0.710 bits per heavy atom. The molecule has 0 aliphatic carbocycles. The maximum atomic E-state index is 11.2. The predicted octanol–water partition coefficient (Wildman–Crippen LogP) is 5.50. The Hall–Kier alpha value is -1.28. The summed E-state index contributed by atoms with van der Waals surface area (Å²) in [4.78, 5) is 22.3. The fourth-order valence-corrected chi connectivity index (χ4v) is 5.69. The second kappa shape index (κ2) is 12.7. The second-order valence-electron chi connectivity index (χ2n) is 9.83. The van der Waals surface area contributed by atoms with Crippen LogP contribution in [0.4, 0.5) is 0 Å². The summed E-state index contributed by atoms with van der Waals surface area (Å²) < 4.78 is 10.4. The van der Waals surface area contributed by atoms with E-state index >= 15 is 0 Å². The van der Waals surface area contributed by atoms with Crippen molar-refractivity contribution in [3.63, 3.8) is 0 Å². The van der Waals surface area contributed by atoms with Gasteiger partial charge < -0.3 is 9.05 Å². The van der Waals surface area contributed by atoms with Crippen LogP contribution in [-0.4, -0.2) is 33.3 Å². The lowest BCUT2D eigenvalue weighted by Gasteiger charge is -2.23. The van der Waals surface area contributed by atoms with Crippen molar-refractivity contribution in [2.75, 3.05) is 23.0 Å². The molecule has 0 aliphatic rings. The number of aromatic amines is 2. The molecule has 2 aromatic heterocycles. The topological polar surface area (TPSA) is 92.0 Å². The minimum Gasteiger partial charge on any atom is -0.384 e. The normalized spacial score (nSPS) is 12.5. The maximum absolute atomic E-state index is 11.2. The minimum atomic E-state index is -0.158. The maximum Gasteiger partial charge on any atom is 0.280 e. The van der Waals surface area contributed by atoms with Crippen molar-refractivity contribution in [1.29, 1.82) is 0 Å². The van der Waals surface area contributed by atoms with Gasteiger partial charge in [-0.2, -0.15) is 33.8 Å². The summed E-state index contributed by atoms with van der Waals surface area (Å²) in [6.45, 7) is 8.93. The van der Waals surface area contributed by atoms with Crippen molar-refractivity contribution in [3.05, 3.63) is 44.4 Å². The van der Waals surface area contributed by atoms with Crippen molar-refractivity contribution in [2.24, 2.45) is 10.8 Å². The molecular formula is C23H38N2O4S2. The first kappa shape index (κ1) is 26.0. The number of rotatable bonds is 16. The molecule has 8 heteroatoms. The largest absolute Gasteiger partial charge is 0.384 e. The van der Waals surface area contributed by atoms with Gasteiger partial charge in [0.25, 0.3) is 11.1 Å². The van der Waals surface area contributed by atoms with E-state index in [1.54, 1.807) is 12.1 Å². The van der Waals surface area contributed by atoms with Gasteiger partial charge in [0.05, 0.1) is 0 Å². The van der Waals surface area contributed by atoms with E-state index in [9.17, 15) is 9.59 Å². The quantitative estimate of drug-likeness (QED) is 0.315. The smallest absolute Gasteiger partial charge is 0.280 e. The van der Waals surface area contributed by atoms with E-state index in [1.807, 2.05) is 23.5 Å². The van der Waals surface area contributed by atoms with Crippen molar-refractivity contribution < 1.29 is 9.05 Å². The van der Waals surface area contributed by atoms with Crippen LogP contribution in [0.5, 0.6) is 0 Å². The summed E-state index contributed by atoms with van der Waals surface area (Å²) >= 11 is 4.09. The summed E-state index contributed by atoms with van der Waals surface area (Å²) in [6, 6.07) is 3.10. The molecule has 0 spiro atoms. The van der Waals surface area contributed by atoms with Crippen LogP contribution in [0.1, 0.15) is 71.3 Å². The number of thioether (sulfide) groups is 2. The molecular weight excluding hydrogens is 432 g/mol. The molecule has 0 saturated heterocycles. The molecule has 2 heterocycles. The average molecular weight is 471 g/mol. The van der Waals surface area contributed by atoms with Gasteiger partial charge in [-0.05, 0) is 65.9 Å². The fourth-order valence-electron chi connectivity index (χ4n) is 3.71. The van der Waals surface area contributed by atoms with E-state index in [4.69, 9.17) is 9.05 Å². The molecule has 176 valence electrons. The highest BCUT2D eigenvalue weighted by atomic mass is 32.2. The van der Waals surface area contributed by atoms with Crippen LogP contribution in [-0.2, 0) is 12.8 Å². The third kappa shape index (κ3) is 11.2. The molecule has 31 heavy (non-hydrogen) atoms. The fraction of sp³-hybridized carbons (Fsp3) is 0.739. The van der Waals surface area contributed by atoms with E-state index < -0.39 is 0 Å². The summed E-state index contributed by atoms with van der Waals surface area (Å²) in [6.07, 6.45) is 7.49. The van der Waals surface area contributed by atoms with Gasteiger partial charge in [0.2, 0.25) is 0 Å². The minimum absolute atomic E-state index is 0.148. The van der Waals surface area contributed by atoms with Gasteiger partial charge in [-0.1, -0.05) is 27.7 Å². The van der Waals surface area contributed by atoms with Gasteiger partial charge in [-0.3, -0.25) is 9.59 Å². The van der Waals surface area contributed by atoms with Crippen LogP contribution in [0.2, 0.25) is 0 Å². The Balaban J connectivity index is 1.43. The number of hydrogen-bond acceptors (Lipinski definition) is 6. The van der Waals surface area contributed by atoms with Gasteiger partial charge in [-0.25, -0.2) is 0 Å². The number of aromatic nitrogens is 2. The van der Waals surface area contributed by atoms with Crippen LogP contribution in [0.3, 0.4) is 0 Å². The molecule has 2 rings (SSSR count). The average Bonchev–Trinajstić information content (AvgIpc) is 3.26. The van der Waals surface area contributed by atoms with Crippen molar-refractivity contribution in [3.8, 4) is 0 Å². The van der Waals surface area contributed by atoms with Gasteiger partial charge in [0, 0.05) is 25.0 Å². The van der Waals surface area contributed by atoms with E-state index in [2.05, 4.69) is 38.0 Å². The Morgan fingerprint density at radius 3 is 1.45 bits per heavy atom. The first-order valence-electron chi connectivity index (χ1n) is 11.2. The Morgan fingerprint density at radius 2 is 1.10 bits per heavy atom. The molecule has 0 saturated carbocycles. The Labute approximate surface area is 193 Å². The van der Waals surface area contributed by atoms with E-state index in [0.29, 0.717) is 0 Å². The lowest BCUT2D eigenvalue weighted by molar-refractivity contribution is 0.279. The summed E-state index contributed by atoms with van der Waals surface area (Å²) in [5.74, 6) is 6.32. The van der Waals surface area contributed by atoms with Gasteiger partial charge >= 0.3 is 0 Å². The van der Waals surface area contributed by atoms with Crippen LogP contribution in [0.25, 0.3) is 0 Å². The van der Waals surface area contributed by atoms with E-state index in [-0.39, 0.29) is 21.9 Å². The predicted molar refractivity (Wildman–Crippen MR) is 131 cm³/mol. The first-order valence-corrected chi connectivity index (χ1v) is 13.5. The lowest BCUT2D eigenvalue weighted by atomic mass is 9.84. The second-order valence-corrected chi connectivity index (χ2v) is 12.3. The standard InChI is InChI=1S/C23H38N2O4S2/c1-22(2,16-18-14-20(26)24-28-18)8-5-10-30-12-7-13-31-11-6-9-23(3,4)17-19-15-21(27)25-29-19/h14-15H,5-13,16-17H2,1-4H3,(H,24,26)(H,25,27). The highest BCUT2D eigenvalue weighted by Gasteiger charge is 2.21. The summed E-state index contributed by atoms with van der Waals surface area (Å²) in [5, 5.41) is 4.73. The van der Waals surface area contributed by atoms with Crippen molar-refractivity contribution in [1.82, 2.24) is 10.3 Å². The molecule has 0 radical (unpaired) electrons. The zero-order chi connectivity index (χ0) is 22.7. The molecule has 0 aliphatic heterocycles. The molecule has 0 fully saturated rings. The third-order valence-corrected chi connectivity index (χ3v) is 7.63. The molecule has 2 aromatic rings. The molecule has 6 nitrogen and oxygen atoms in total. The highest BCUT2D eigenvalue weighted by molar-refractivity contribution is 8.00. The summed E-state index contributed by atoms with van der Waals surface area (Å²) in [5.41, 5.74) is -0.0205. The zero-order valence-corrected chi connectivity index (χ0v) is 21.0. The van der Waals surface area contributed by atoms with E-state index in [1.165, 1.54) is 42.3 Å². The van der Waals surface area contributed by atoms with Gasteiger partial charge in [0.15, 0.2) is 0 Å². The van der Waals surface area contributed by atoms with Crippen LogP contribution in [0, 0.1) is 10.8 Å². The van der Waals surface area contributed by atoms with Crippen molar-refractivity contribution >= 4 is 23.5 Å². The molecule has 0 amide bonds. The first-order chi connectivity index (χ1) is 14.7. The third-order valence-electron chi connectivity index (χ3n) is 5.32. The molecule has 2 N–H and O–H groups in total. The molecule has 0 unspecified atom stereocenters.